The van der Waals surface area contributed by atoms with Crippen molar-refractivity contribution in [3.63, 3.8) is 0 Å². The highest BCUT2D eigenvalue weighted by atomic mass is 16.5. The van der Waals surface area contributed by atoms with E-state index in [4.69, 9.17) is 9.47 Å². The topological polar surface area (TPSA) is 38.8 Å². The standard InChI is InChI=1S/C23H29NO3/c1-17(2)15-24(16-18(3)11-19-9-7-6-8-10-19)23(25)20-12-21(26-4)14-22(13-20)27-5/h6-14,17H,15-16H2,1-5H3/b18-11+. The highest BCUT2D eigenvalue weighted by Crippen LogP contribution is 2.24. The summed E-state index contributed by atoms with van der Waals surface area (Å²) in [4.78, 5) is 15.1. The molecule has 2 aromatic rings. The number of ether oxygens (including phenoxy) is 2. The maximum Gasteiger partial charge on any atom is 0.254 e. The molecule has 0 aliphatic rings. The summed E-state index contributed by atoms with van der Waals surface area (Å²) in [6, 6.07) is 15.4. The lowest BCUT2D eigenvalue weighted by atomic mass is 10.1. The van der Waals surface area contributed by atoms with Crippen LogP contribution in [-0.4, -0.2) is 38.1 Å². The highest BCUT2D eigenvalue weighted by molar-refractivity contribution is 5.95. The molecule has 0 aliphatic heterocycles. The zero-order valence-corrected chi connectivity index (χ0v) is 16.9. The van der Waals surface area contributed by atoms with E-state index < -0.39 is 0 Å². The third-order valence-electron chi connectivity index (χ3n) is 4.12. The van der Waals surface area contributed by atoms with Gasteiger partial charge in [0.1, 0.15) is 11.5 Å². The Morgan fingerprint density at radius 3 is 2.15 bits per heavy atom. The number of carbonyl (C=O) groups excluding carboxylic acids is 1. The molecule has 4 nitrogen and oxygen atoms in total. The predicted octanol–water partition coefficient (Wildman–Crippen LogP) is 4.91. The Bertz CT molecular complexity index is 759. The van der Waals surface area contributed by atoms with Crippen molar-refractivity contribution in [3.05, 3.63) is 65.2 Å². The van der Waals surface area contributed by atoms with Gasteiger partial charge in [-0.15, -0.1) is 0 Å². The van der Waals surface area contributed by atoms with Crippen LogP contribution in [-0.2, 0) is 0 Å². The Morgan fingerprint density at radius 1 is 1.04 bits per heavy atom. The number of methoxy groups -OCH3 is 2. The molecule has 0 aromatic heterocycles. The maximum atomic E-state index is 13.2. The number of hydrogen-bond acceptors (Lipinski definition) is 3. The number of carbonyl (C=O) groups is 1. The van der Waals surface area contributed by atoms with Gasteiger partial charge in [-0.25, -0.2) is 0 Å². The lowest BCUT2D eigenvalue weighted by molar-refractivity contribution is 0.0751. The van der Waals surface area contributed by atoms with Crippen LogP contribution < -0.4 is 9.47 Å². The van der Waals surface area contributed by atoms with Crippen LogP contribution in [0.4, 0.5) is 0 Å². The Hall–Kier alpha value is -2.75. The van der Waals surface area contributed by atoms with Gasteiger partial charge >= 0.3 is 0 Å². The fraction of sp³-hybridized carbons (Fsp3) is 0.348. The molecule has 2 aromatic carbocycles. The molecular formula is C23H29NO3. The summed E-state index contributed by atoms with van der Waals surface area (Å²) in [5.41, 5.74) is 2.83. The Morgan fingerprint density at radius 2 is 1.63 bits per heavy atom. The van der Waals surface area contributed by atoms with Gasteiger partial charge in [0.15, 0.2) is 0 Å². The molecule has 4 heteroatoms. The fourth-order valence-corrected chi connectivity index (χ4v) is 2.95. The first-order valence-corrected chi connectivity index (χ1v) is 9.17. The van der Waals surface area contributed by atoms with E-state index in [1.807, 2.05) is 23.1 Å². The summed E-state index contributed by atoms with van der Waals surface area (Å²) in [7, 11) is 3.17. The number of rotatable bonds is 8. The normalized spacial score (nSPS) is 11.4. The van der Waals surface area contributed by atoms with Gasteiger partial charge in [-0.2, -0.15) is 0 Å². The molecule has 144 valence electrons. The van der Waals surface area contributed by atoms with Crippen LogP contribution in [0.2, 0.25) is 0 Å². The summed E-state index contributed by atoms with van der Waals surface area (Å²) in [5, 5.41) is 0. The predicted molar refractivity (Wildman–Crippen MR) is 110 cm³/mol. The van der Waals surface area contributed by atoms with Crippen LogP contribution in [0.25, 0.3) is 6.08 Å². The largest absolute Gasteiger partial charge is 0.497 e. The average molecular weight is 367 g/mol. The SMILES string of the molecule is COc1cc(OC)cc(C(=O)N(C/C(C)=C/c2ccccc2)CC(C)C)c1. The van der Waals surface area contributed by atoms with Crippen molar-refractivity contribution in [1.29, 1.82) is 0 Å². The Labute approximate surface area is 162 Å². The van der Waals surface area contributed by atoms with Crippen molar-refractivity contribution < 1.29 is 14.3 Å². The van der Waals surface area contributed by atoms with Gasteiger partial charge in [-0.3, -0.25) is 4.79 Å². The first-order chi connectivity index (χ1) is 12.9. The van der Waals surface area contributed by atoms with Gasteiger partial charge in [-0.05, 0) is 30.5 Å². The number of nitrogens with zero attached hydrogens (tertiary/aromatic N) is 1. The van der Waals surface area contributed by atoms with Crippen molar-refractivity contribution in [2.75, 3.05) is 27.3 Å². The minimum absolute atomic E-state index is 0.0262. The Balaban J connectivity index is 2.27. The molecule has 0 unspecified atom stereocenters. The summed E-state index contributed by atoms with van der Waals surface area (Å²) in [6.45, 7) is 7.54. The molecule has 0 fully saturated rings. The van der Waals surface area contributed by atoms with Gasteiger partial charge < -0.3 is 14.4 Å². The van der Waals surface area contributed by atoms with E-state index in [0.717, 1.165) is 11.1 Å². The Kier molecular flexibility index (Phi) is 7.47. The molecule has 1 amide bonds. The van der Waals surface area contributed by atoms with Crippen LogP contribution in [0.1, 0.15) is 36.7 Å². The molecule has 27 heavy (non-hydrogen) atoms. The van der Waals surface area contributed by atoms with Gasteiger partial charge in [-0.1, -0.05) is 55.8 Å². The second kappa shape index (κ2) is 9.81. The second-order valence-corrected chi connectivity index (χ2v) is 7.08. The molecule has 0 saturated heterocycles. The number of benzene rings is 2. The fourth-order valence-electron chi connectivity index (χ4n) is 2.95. The maximum absolute atomic E-state index is 13.2. The van der Waals surface area contributed by atoms with E-state index in [2.05, 4.69) is 39.0 Å². The minimum atomic E-state index is -0.0262. The van der Waals surface area contributed by atoms with E-state index in [-0.39, 0.29) is 5.91 Å². The molecule has 0 atom stereocenters. The molecule has 2 rings (SSSR count). The summed E-state index contributed by atoms with van der Waals surface area (Å²) < 4.78 is 10.6. The van der Waals surface area contributed by atoms with E-state index in [1.165, 1.54) is 0 Å². The summed E-state index contributed by atoms with van der Waals surface area (Å²) >= 11 is 0. The lowest BCUT2D eigenvalue weighted by Gasteiger charge is -2.25. The van der Waals surface area contributed by atoms with Gasteiger partial charge in [0.05, 0.1) is 14.2 Å². The number of hydrogen-bond donors (Lipinski definition) is 0. The van der Waals surface area contributed by atoms with E-state index >= 15 is 0 Å². The van der Waals surface area contributed by atoms with Crippen molar-refractivity contribution >= 4 is 12.0 Å². The van der Waals surface area contributed by atoms with Crippen molar-refractivity contribution in [1.82, 2.24) is 4.90 Å². The molecule has 0 heterocycles. The van der Waals surface area contributed by atoms with E-state index in [9.17, 15) is 4.79 Å². The zero-order chi connectivity index (χ0) is 19.8. The van der Waals surface area contributed by atoms with E-state index in [1.54, 1.807) is 32.4 Å². The molecule has 0 aliphatic carbocycles. The molecule has 0 saturated carbocycles. The monoisotopic (exact) mass is 367 g/mol. The van der Waals surface area contributed by atoms with Crippen molar-refractivity contribution in [2.45, 2.75) is 20.8 Å². The van der Waals surface area contributed by atoms with Crippen molar-refractivity contribution in [3.8, 4) is 11.5 Å². The van der Waals surface area contributed by atoms with Crippen LogP contribution in [0.15, 0.2) is 54.1 Å². The van der Waals surface area contributed by atoms with Crippen LogP contribution >= 0.6 is 0 Å². The third-order valence-corrected chi connectivity index (χ3v) is 4.12. The first-order valence-electron chi connectivity index (χ1n) is 9.17. The minimum Gasteiger partial charge on any atom is -0.497 e. The first kappa shape index (κ1) is 20.6. The van der Waals surface area contributed by atoms with Crippen LogP contribution in [0.5, 0.6) is 11.5 Å². The zero-order valence-electron chi connectivity index (χ0n) is 16.9. The summed E-state index contributed by atoms with van der Waals surface area (Å²) in [6.07, 6.45) is 2.12. The third kappa shape index (κ3) is 6.17. The molecular weight excluding hydrogens is 338 g/mol. The van der Waals surface area contributed by atoms with Crippen LogP contribution in [0, 0.1) is 5.92 Å². The quantitative estimate of drug-likeness (QED) is 0.666. The molecule has 0 spiro atoms. The lowest BCUT2D eigenvalue weighted by Crippen LogP contribution is -2.35. The van der Waals surface area contributed by atoms with Gasteiger partial charge in [0.2, 0.25) is 0 Å². The van der Waals surface area contributed by atoms with Gasteiger partial charge in [0.25, 0.3) is 5.91 Å². The van der Waals surface area contributed by atoms with Crippen LogP contribution in [0.3, 0.4) is 0 Å². The molecule has 0 bridgehead atoms. The number of amides is 1. The van der Waals surface area contributed by atoms with Gasteiger partial charge in [0, 0.05) is 24.7 Å². The molecule has 0 N–H and O–H groups in total. The van der Waals surface area contributed by atoms with Crippen molar-refractivity contribution in [2.24, 2.45) is 5.92 Å². The van der Waals surface area contributed by atoms with E-state index in [0.29, 0.717) is 36.1 Å². The summed E-state index contributed by atoms with van der Waals surface area (Å²) in [5.74, 6) is 1.56. The second-order valence-electron chi connectivity index (χ2n) is 7.08. The molecule has 0 radical (unpaired) electrons. The average Bonchev–Trinajstić information content (AvgIpc) is 2.66. The smallest absolute Gasteiger partial charge is 0.254 e. The highest BCUT2D eigenvalue weighted by Gasteiger charge is 2.19.